The summed E-state index contributed by atoms with van der Waals surface area (Å²) in [7, 11) is -2.07. The fourth-order valence-corrected chi connectivity index (χ4v) is 5.08. The number of sulfonamides is 1. The molecule has 1 aliphatic rings. The highest BCUT2D eigenvalue weighted by Crippen LogP contribution is 2.27. The van der Waals surface area contributed by atoms with Crippen molar-refractivity contribution in [1.82, 2.24) is 4.72 Å². The Labute approximate surface area is 163 Å². The fraction of sp³-hybridized carbons (Fsp3) is 0.333. The van der Waals surface area contributed by atoms with Gasteiger partial charge in [0.15, 0.2) is 0 Å². The molecule has 0 bridgehead atoms. The predicted molar refractivity (Wildman–Crippen MR) is 105 cm³/mol. The van der Waals surface area contributed by atoms with Gasteiger partial charge in [-0.1, -0.05) is 23.2 Å². The lowest BCUT2D eigenvalue weighted by atomic mass is 10.1. The molecule has 0 aromatic heterocycles. The summed E-state index contributed by atoms with van der Waals surface area (Å²) in [6, 6.07) is 12.2. The molecule has 0 unspecified atom stereocenters. The van der Waals surface area contributed by atoms with E-state index in [0.717, 1.165) is 24.5 Å². The van der Waals surface area contributed by atoms with Crippen molar-refractivity contribution in [3.63, 3.8) is 0 Å². The van der Waals surface area contributed by atoms with Gasteiger partial charge in [-0.15, -0.1) is 0 Å². The Hall–Kier alpha value is -1.47. The summed E-state index contributed by atoms with van der Waals surface area (Å²) in [6.07, 6.45) is 1.42. The SMILES string of the molecule is COc1ccc(N2CCC(NS(=O)(=O)c3cc(Cl)ccc3Cl)CC2)cc1. The normalized spacial score (nSPS) is 15.9. The molecule has 26 heavy (non-hydrogen) atoms. The van der Waals surface area contributed by atoms with Gasteiger partial charge in [-0.25, -0.2) is 13.1 Å². The van der Waals surface area contributed by atoms with Crippen molar-refractivity contribution in [2.75, 3.05) is 25.1 Å². The number of anilines is 1. The first kappa shape index (κ1) is 19.3. The molecular formula is C18H20Cl2N2O3S. The van der Waals surface area contributed by atoms with E-state index in [2.05, 4.69) is 9.62 Å². The predicted octanol–water partition coefficient (Wildman–Crippen LogP) is 3.95. The zero-order valence-corrected chi connectivity index (χ0v) is 16.6. The zero-order chi connectivity index (χ0) is 18.7. The summed E-state index contributed by atoms with van der Waals surface area (Å²) >= 11 is 11.9. The van der Waals surface area contributed by atoms with Crippen LogP contribution in [0.2, 0.25) is 10.0 Å². The van der Waals surface area contributed by atoms with E-state index in [-0.39, 0.29) is 16.0 Å². The molecule has 2 aromatic carbocycles. The minimum absolute atomic E-state index is 0.0178. The van der Waals surface area contributed by atoms with Gasteiger partial charge in [0, 0.05) is 29.8 Å². The fourth-order valence-electron chi connectivity index (χ4n) is 3.01. The number of halogens is 2. The molecule has 3 rings (SSSR count). The zero-order valence-electron chi connectivity index (χ0n) is 14.3. The Morgan fingerprint density at radius 3 is 2.35 bits per heavy atom. The number of benzene rings is 2. The van der Waals surface area contributed by atoms with Crippen LogP contribution in [0.15, 0.2) is 47.4 Å². The maximum atomic E-state index is 12.6. The molecule has 0 spiro atoms. The van der Waals surface area contributed by atoms with Crippen LogP contribution in [0.1, 0.15) is 12.8 Å². The van der Waals surface area contributed by atoms with E-state index in [1.54, 1.807) is 13.2 Å². The number of rotatable bonds is 5. The summed E-state index contributed by atoms with van der Waals surface area (Å²) in [6.45, 7) is 1.53. The van der Waals surface area contributed by atoms with Crippen LogP contribution in [0.25, 0.3) is 0 Å². The van der Waals surface area contributed by atoms with Crippen molar-refractivity contribution in [3.8, 4) is 5.75 Å². The molecule has 5 nitrogen and oxygen atoms in total. The van der Waals surface area contributed by atoms with E-state index in [1.165, 1.54) is 12.1 Å². The largest absolute Gasteiger partial charge is 0.497 e. The molecule has 1 N–H and O–H groups in total. The molecule has 0 aliphatic carbocycles. The molecule has 0 saturated carbocycles. The maximum Gasteiger partial charge on any atom is 0.242 e. The molecule has 1 fully saturated rings. The van der Waals surface area contributed by atoms with Crippen molar-refractivity contribution in [2.45, 2.75) is 23.8 Å². The van der Waals surface area contributed by atoms with Gasteiger partial charge in [-0.05, 0) is 55.3 Å². The van der Waals surface area contributed by atoms with Gasteiger partial charge in [0.1, 0.15) is 10.6 Å². The Morgan fingerprint density at radius 1 is 1.08 bits per heavy atom. The Morgan fingerprint density at radius 2 is 1.73 bits per heavy atom. The van der Waals surface area contributed by atoms with E-state index in [0.29, 0.717) is 17.9 Å². The molecule has 1 aliphatic heterocycles. The number of piperidine rings is 1. The van der Waals surface area contributed by atoms with Gasteiger partial charge in [0.2, 0.25) is 10.0 Å². The summed E-state index contributed by atoms with van der Waals surface area (Å²) < 4.78 is 33.2. The standard InChI is InChI=1S/C18H20Cl2N2O3S/c1-25-16-5-3-15(4-6-16)22-10-8-14(9-11-22)21-26(23,24)18-12-13(19)2-7-17(18)20/h2-7,12,14,21H,8-11H2,1H3. The number of hydrogen-bond donors (Lipinski definition) is 1. The van der Waals surface area contributed by atoms with Crippen LogP contribution in [0.5, 0.6) is 5.75 Å². The van der Waals surface area contributed by atoms with Crippen molar-refractivity contribution in [2.24, 2.45) is 0 Å². The lowest BCUT2D eigenvalue weighted by Gasteiger charge is -2.34. The number of hydrogen-bond acceptors (Lipinski definition) is 4. The summed E-state index contributed by atoms with van der Waals surface area (Å²) in [4.78, 5) is 2.25. The first-order chi connectivity index (χ1) is 12.4. The van der Waals surface area contributed by atoms with Crippen LogP contribution in [0.3, 0.4) is 0 Å². The molecule has 140 valence electrons. The van der Waals surface area contributed by atoms with Crippen molar-refractivity contribution in [3.05, 3.63) is 52.5 Å². The third-order valence-corrected chi connectivity index (χ3v) is 6.67. The van der Waals surface area contributed by atoms with Crippen LogP contribution in [-0.4, -0.2) is 34.7 Å². The van der Waals surface area contributed by atoms with Crippen LogP contribution in [-0.2, 0) is 10.0 Å². The maximum absolute atomic E-state index is 12.6. The monoisotopic (exact) mass is 414 g/mol. The van der Waals surface area contributed by atoms with Gasteiger partial charge in [-0.3, -0.25) is 0 Å². The Kier molecular flexibility index (Phi) is 5.97. The second kappa shape index (κ2) is 8.05. The minimum atomic E-state index is -3.71. The molecule has 8 heteroatoms. The quantitative estimate of drug-likeness (QED) is 0.804. The highest BCUT2D eigenvalue weighted by molar-refractivity contribution is 7.89. The highest BCUT2D eigenvalue weighted by atomic mass is 35.5. The van der Waals surface area contributed by atoms with Crippen molar-refractivity contribution >= 4 is 38.9 Å². The molecule has 2 aromatic rings. The van der Waals surface area contributed by atoms with E-state index in [9.17, 15) is 8.42 Å². The Bertz CT molecular complexity index is 865. The molecule has 0 atom stereocenters. The van der Waals surface area contributed by atoms with Crippen molar-refractivity contribution in [1.29, 1.82) is 0 Å². The van der Waals surface area contributed by atoms with Gasteiger partial charge in [0.05, 0.1) is 12.1 Å². The van der Waals surface area contributed by atoms with Crippen molar-refractivity contribution < 1.29 is 13.2 Å². The highest BCUT2D eigenvalue weighted by Gasteiger charge is 2.26. The third kappa shape index (κ3) is 4.43. The second-order valence-electron chi connectivity index (χ2n) is 6.16. The topological polar surface area (TPSA) is 58.6 Å². The van der Waals surface area contributed by atoms with Gasteiger partial charge in [-0.2, -0.15) is 0 Å². The van der Waals surface area contributed by atoms with E-state index >= 15 is 0 Å². The van der Waals surface area contributed by atoms with Gasteiger partial charge < -0.3 is 9.64 Å². The summed E-state index contributed by atoms with van der Waals surface area (Å²) in [5.74, 6) is 0.815. The van der Waals surface area contributed by atoms with E-state index < -0.39 is 10.0 Å². The lowest BCUT2D eigenvalue weighted by molar-refractivity contribution is 0.414. The van der Waals surface area contributed by atoms with Crippen LogP contribution < -0.4 is 14.4 Å². The molecule has 1 heterocycles. The number of nitrogens with zero attached hydrogens (tertiary/aromatic N) is 1. The molecule has 0 amide bonds. The Balaban J connectivity index is 1.63. The van der Waals surface area contributed by atoms with E-state index in [4.69, 9.17) is 27.9 Å². The number of methoxy groups -OCH3 is 1. The average Bonchev–Trinajstić information content (AvgIpc) is 2.64. The molecular weight excluding hydrogens is 395 g/mol. The minimum Gasteiger partial charge on any atom is -0.497 e. The first-order valence-corrected chi connectivity index (χ1v) is 10.5. The molecule has 1 saturated heterocycles. The molecule has 0 radical (unpaired) electrons. The van der Waals surface area contributed by atoms with E-state index in [1.807, 2.05) is 24.3 Å². The first-order valence-electron chi connectivity index (χ1n) is 8.25. The number of nitrogens with one attached hydrogen (secondary N) is 1. The second-order valence-corrected chi connectivity index (χ2v) is 8.68. The lowest BCUT2D eigenvalue weighted by Crippen LogP contribution is -2.44. The average molecular weight is 415 g/mol. The number of ether oxygens (including phenoxy) is 1. The third-order valence-electron chi connectivity index (χ3n) is 4.44. The van der Waals surface area contributed by atoms with Gasteiger partial charge in [0.25, 0.3) is 0 Å². The smallest absolute Gasteiger partial charge is 0.242 e. The van der Waals surface area contributed by atoms with Gasteiger partial charge >= 0.3 is 0 Å². The van der Waals surface area contributed by atoms with Crippen LogP contribution >= 0.6 is 23.2 Å². The van der Waals surface area contributed by atoms with Crippen LogP contribution in [0.4, 0.5) is 5.69 Å². The summed E-state index contributed by atoms with van der Waals surface area (Å²) in [5.41, 5.74) is 1.10. The summed E-state index contributed by atoms with van der Waals surface area (Å²) in [5, 5.41) is 0.502. The van der Waals surface area contributed by atoms with Crippen LogP contribution in [0, 0.1) is 0 Å².